The number of benzene rings is 1. The minimum absolute atomic E-state index is 0.0250. The molecular formula is C10H6ClF4N3. The van der Waals surface area contributed by atoms with E-state index in [1.807, 2.05) is 0 Å². The van der Waals surface area contributed by atoms with Gasteiger partial charge >= 0.3 is 6.18 Å². The van der Waals surface area contributed by atoms with Crippen molar-refractivity contribution in [2.75, 3.05) is 0 Å². The number of nitrogens with zero attached hydrogens (tertiary/aromatic N) is 3. The molecule has 0 saturated heterocycles. The van der Waals surface area contributed by atoms with Gasteiger partial charge in [-0.1, -0.05) is 6.07 Å². The fourth-order valence-electron chi connectivity index (χ4n) is 1.47. The molecule has 18 heavy (non-hydrogen) atoms. The minimum Gasteiger partial charge on any atom is -0.274 e. The highest BCUT2D eigenvalue weighted by Gasteiger charge is 2.38. The molecule has 0 unspecified atom stereocenters. The third kappa shape index (κ3) is 2.31. The van der Waals surface area contributed by atoms with Crippen LogP contribution in [-0.2, 0) is 12.1 Å². The molecule has 0 N–H and O–H groups in total. The Morgan fingerprint density at radius 3 is 2.50 bits per heavy atom. The molecule has 0 saturated carbocycles. The van der Waals surface area contributed by atoms with Gasteiger partial charge in [-0.3, -0.25) is 4.57 Å². The minimum atomic E-state index is -4.69. The Morgan fingerprint density at radius 1 is 1.22 bits per heavy atom. The molecule has 0 amide bonds. The molecule has 1 aromatic heterocycles. The summed E-state index contributed by atoms with van der Waals surface area (Å²) in [6.45, 7) is 0. The molecule has 3 nitrogen and oxygen atoms in total. The van der Waals surface area contributed by atoms with E-state index >= 15 is 0 Å². The maximum Gasteiger partial charge on any atom is 0.452 e. The summed E-state index contributed by atoms with van der Waals surface area (Å²) in [6.07, 6.45) is -4.69. The molecule has 2 rings (SSSR count). The van der Waals surface area contributed by atoms with E-state index in [1.165, 1.54) is 12.1 Å². The summed E-state index contributed by atoms with van der Waals surface area (Å²) in [5.41, 5.74) is -0.0250. The third-order valence-corrected chi connectivity index (χ3v) is 2.41. The van der Waals surface area contributed by atoms with Gasteiger partial charge in [-0.25, -0.2) is 4.39 Å². The SMILES string of the molecule is Fc1cccc(-n2c(CCl)nnc2C(F)(F)F)c1. The first-order valence-electron chi connectivity index (χ1n) is 4.77. The summed E-state index contributed by atoms with van der Waals surface area (Å²) in [5.74, 6) is -2.26. The molecule has 0 bridgehead atoms. The zero-order chi connectivity index (χ0) is 13.3. The third-order valence-electron chi connectivity index (χ3n) is 2.17. The van der Waals surface area contributed by atoms with Gasteiger partial charge in [-0.15, -0.1) is 21.8 Å². The number of rotatable bonds is 2. The molecule has 2 aromatic rings. The summed E-state index contributed by atoms with van der Waals surface area (Å²) < 4.78 is 51.9. The Labute approximate surface area is 104 Å². The smallest absolute Gasteiger partial charge is 0.274 e. The number of alkyl halides is 4. The molecule has 0 atom stereocenters. The van der Waals surface area contributed by atoms with E-state index in [1.54, 1.807) is 0 Å². The Morgan fingerprint density at radius 2 is 1.94 bits per heavy atom. The van der Waals surface area contributed by atoms with Crippen LogP contribution in [-0.4, -0.2) is 14.8 Å². The van der Waals surface area contributed by atoms with E-state index < -0.39 is 17.8 Å². The van der Waals surface area contributed by atoms with Gasteiger partial charge in [-0.2, -0.15) is 13.2 Å². The second-order valence-corrected chi connectivity index (χ2v) is 3.65. The molecule has 0 aliphatic rings. The van der Waals surface area contributed by atoms with Crippen LogP contribution >= 0.6 is 11.6 Å². The molecule has 96 valence electrons. The van der Waals surface area contributed by atoms with E-state index in [-0.39, 0.29) is 17.4 Å². The Hall–Kier alpha value is -1.63. The number of aromatic nitrogens is 3. The van der Waals surface area contributed by atoms with Crippen LogP contribution < -0.4 is 0 Å². The van der Waals surface area contributed by atoms with Crippen LogP contribution in [0, 0.1) is 5.82 Å². The summed E-state index contributed by atoms with van der Waals surface area (Å²) in [6, 6.07) is 4.69. The standard InChI is InChI=1S/C10H6ClF4N3/c11-5-8-16-17-9(10(13,14)15)18(8)7-3-1-2-6(12)4-7/h1-4H,5H2. The first-order chi connectivity index (χ1) is 8.43. The predicted octanol–water partition coefficient (Wildman–Crippen LogP) is 3.16. The van der Waals surface area contributed by atoms with Crippen molar-refractivity contribution >= 4 is 11.6 Å². The van der Waals surface area contributed by atoms with Crippen molar-refractivity contribution in [3.63, 3.8) is 0 Å². The van der Waals surface area contributed by atoms with Crippen molar-refractivity contribution in [2.45, 2.75) is 12.1 Å². The van der Waals surface area contributed by atoms with E-state index in [0.29, 0.717) is 4.57 Å². The highest BCUT2D eigenvalue weighted by molar-refractivity contribution is 6.16. The average molecular weight is 280 g/mol. The van der Waals surface area contributed by atoms with Gasteiger partial charge in [0.25, 0.3) is 0 Å². The fraction of sp³-hybridized carbons (Fsp3) is 0.200. The van der Waals surface area contributed by atoms with Crippen LogP contribution in [0.4, 0.5) is 17.6 Å². The van der Waals surface area contributed by atoms with Gasteiger partial charge in [0.15, 0.2) is 5.82 Å². The number of halogens is 5. The molecule has 0 aliphatic carbocycles. The van der Waals surface area contributed by atoms with Crippen molar-refractivity contribution in [1.29, 1.82) is 0 Å². The first kappa shape index (κ1) is 12.8. The second-order valence-electron chi connectivity index (χ2n) is 3.39. The van der Waals surface area contributed by atoms with Crippen molar-refractivity contribution in [2.24, 2.45) is 0 Å². The van der Waals surface area contributed by atoms with Gasteiger partial charge in [0.05, 0.1) is 11.6 Å². The zero-order valence-electron chi connectivity index (χ0n) is 8.75. The maximum absolute atomic E-state index is 13.1. The van der Waals surface area contributed by atoms with Crippen molar-refractivity contribution in [3.8, 4) is 5.69 Å². The van der Waals surface area contributed by atoms with Crippen molar-refractivity contribution in [3.05, 3.63) is 41.7 Å². The lowest BCUT2D eigenvalue weighted by atomic mass is 10.3. The van der Waals surface area contributed by atoms with Gasteiger partial charge in [-0.05, 0) is 18.2 Å². The highest BCUT2D eigenvalue weighted by atomic mass is 35.5. The van der Waals surface area contributed by atoms with E-state index in [2.05, 4.69) is 10.2 Å². The van der Waals surface area contributed by atoms with Gasteiger partial charge in [0.2, 0.25) is 5.82 Å². The number of hydrogen-bond donors (Lipinski definition) is 0. The van der Waals surface area contributed by atoms with Crippen LogP contribution in [0.5, 0.6) is 0 Å². The predicted molar refractivity (Wildman–Crippen MR) is 55.9 cm³/mol. The summed E-state index contributed by atoms with van der Waals surface area (Å²) in [7, 11) is 0. The van der Waals surface area contributed by atoms with Gasteiger partial charge < -0.3 is 0 Å². The molecular weight excluding hydrogens is 274 g/mol. The Bertz CT molecular complexity index is 564. The maximum atomic E-state index is 13.1. The molecule has 0 spiro atoms. The Balaban J connectivity index is 2.65. The summed E-state index contributed by atoms with van der Waals surface area (Å²) in [5, 5.41) is 6.39. The van der Waals surface area contributed by atoms with Crippen molar-refractivity contribution in [1.82, 2.24) is 14.8 Å². The van der Waals surface area contributed by atoms with E-state index in [0.717, 1.165) is 12.1 Å². The molecule has 1 aromatic carbocycles. The van der Waals surface area contributed by atoms with Crippen LogP contribution in [0.25, 0.3) is 5.69 Å². The largest absolute Gasteiger partial charge is 0.452 e. The van der Waals surface area contributed by atoms with E-state index in [9.17, 15) is 17.6 Å². The summed E-state index contributed by atoms with van der Waals surface area (Å²) >= 11 is 5.50. The molecule has 0 fully saturated rings. The first-order valence-corrected chi connectivity index (χ1v) is 5.30. The lowest BCUT2D eigenvalue weighted by molar-refractivity contribution is -0.146. The molecule has 1 heterocycles. The molecule has 8 heteroatoms. The average Bonchev–Trinajstić information content (AvgIpc) is 2.72. The van der Waals surface area contributed by atoms with Crippen LogP contribution in [0.15, 0.2) is 24.3 Å². The monoisotopic (exact) mass is 279 g/mol. The topological polar surface area (TPSA) is 30.7 Å². The molecule has 0 aliphatic heterocycles. The van der Waals surface area contributed by atoms with Crippen molar-refractivity contribution < 1.29 is 17.6 Å². The summed E-state index contributed by atoms with van der Waals surface area (Å²) in [4.78, 5) is 0. The lowest BCUT2D eigenvalue weighted by Gasteiger charge is -2.11. The van der Waals surface area contributed by atoms with Crippen LogP contribution in [0.3, 0.4) is 0 Å². The molecule has 0 radical (unpaired) electrons. The second kappa shape index (κ2) is 4.56. The Kier molecular flexibility index (Phi) is 3.25. The van der Waals surface area contributed by atoms with Gasteiger partial charge in [0.1, 0.15) is 5.82 Å². The normalized spacial score (nSPS) is 11.8. The number of hydrogen-bond acceptors (Lipinski definition) is 2. The lowest BCUT2D eigenvalue weighted by Crippen LogP contribution is -2.15. The zero-order valence-corrected chi connectivity index (χ0v) is 9.50. The fourth-order valence-corrected chi connectivity index (χ4v) is 1.65. The van der Waals surface area contributed by atoms with Crippen LogP contribution in [0.1, 0.15) is 11.6 Å². The highest BCUT2D eigenvalue weighted by Crippen LogP contribution is 2.30. The van der Waals surface area contributed by atoms with Gasteiger partial charge in [0, 0.05) is 0 Å². The quantitative estimate of drug-likeness (QED) is 0.624. The van der Waals surface area contributed by atoms with E-state index in [4.69, 9.17) is 11.6 Å². The van der Waals surface area contributed by atoms with Crippen LogP contribution in [0.2, 0.25) is 0 Å².